The van der Waals surface area contributed by atoms with E-state index in [1.54, 1.807) is 0 Å². The van der Waals surface area contributed by atoms with E-state index in [-0.39, 0.29) is 19.6 Å². The number of hydrogen-bond acceptors (Lipinski definition) is 5. The molecular weight excluding hydrogens is 522 g/mol. The third kappa shape index (κ3) is 5.43. The summed E-state index contributed by atoms with van der Waals surface area (Å²) in [5, 5.41) is 46.2. The maximum absolute atomic E-state index is 13.1. The van der Waals surface area contributed by atoms with Crippen LogP contribution in [0.25, 0.3) is 0 Å². The Labute approximate surface area is 242 Å². The molecule has 2 amide bonds. The Morgan fingerprint density at radius 2 is 1.29 bits per heavy atom. The van der Waals surface area contributed by atoms with Gasteiger partial charge in [0.05, 0.1) is 29.8 Å². The van der Waals surface area contributed by atoms with E-state index >= 15 is 0 Å². The summed E-state index contributed by atoms with van der Waals surface area (Å²) in [6.45, 7) is 12.6. The highest BCUT2D eigenvalue weighted by Crippen LogP contribution is 2.59. The fraction of sp³-hybridized carbons (Fsp3) is 0.562. The monoisotopic (exact) mass is 567 g/mol. The van der Waals surface area contributed by atoms with Crippen LogP contribution in [0.1, 0.15) is 63.8 Å². The van der Waals surface area contributed by atoms with Gasteiger partial charge in [0.1, 0.15) is 0 Å². The predicted octanol–water partition coefficient (Wildman–Crippen LogP) is 4.30. The lowest BCUT2D eigenvalue weighted by Crippen LogP contribution is -2.71. The van der Waals surface area contributed by atoms with Gasteiger partial charge in [0.25, 0.3) is 0 Å². The van der Waals surface area contributed by atoms with Crippen LogP contribution in [0.2, 0.25) is 0 Å². The van der Waals surface area contributed by atoms with Crippen molar-refractivity contribution >= 4 is 12.2 Å². The van der Waals surface area contributed by atoms with Crippen LogP contribution in [0.4, 0.5) is 9.59 Å². The number of amides is 2. The first-order chi connectivity index (χ1) is 19.1. The van der Waals surface area contributed by atoms with Crippen molar-refractivity contribution in [1.29, 1.82) is 0 Å². The highest BCUT2D eigenvalue weighted by molar-refractivity contribution is 5.69. The van der Waals surface area contributed by atoms with E-state index in [0.717, 1.165) is 22.3 Å². The van der Waals surface area contributed by atoms with Gasteiger partial charge in [-0.1, -0.05) is 90.1 Å². The average molecular weight is 568 g/mol. The van der Waals surface area contributed by atoms with Crippen molar-refractivity contribution < 1.29 is 30.0 Å². The van der Waals surface area contributed by atoms with Crippen LogP contribution < -0.4 is 5.32 Å². The Balaban J connectivity index is 1.57. The van der Waals surface area contributed by atoms with Gasteiger partial charge in [0, 0.05) is 19.6 Å². The second kappa shape index (κ2) is 11.3. The summed E-state index contributed by atoms with van der Waals surface area (Å²) in [6, 6.07) is 14.2. The molecule has 2 aromatic carbocycles. The van der Waals surface area contributed by atoms with Gasteiger partial charge >= 0.3 is 12.2 Å². The molecule has 0 fully saturated rings. The average Bonchev–Trinajstić information content (AvgIpc) is 2.89. The number of benzene rings is 2. The summed E-state index contributed by atoms with van der Waals surface area (Å²) in [6.07, 6.45) is -3.53. The normalized spacial score (nSPS) is 22.0. The van der Waals surface area contributed by atoms with Gasteiger partial charge in [0.2, 0.25) is 0 Å². The molecule has 224 valence electrons. The Kier molecular flexibility index (Phi) is 8.47. The fourth-order valence-corrected chi connectivity index (χ4v) is 7.75. The van der Waals surface area contributed by atoms with Crippen LogP contribution in [0, 0.1) is 10.8 Å². The molecule has 4 rings (SSSR count). The first-order valence-electron chi connectivity index (χ1n) is 14.3. The number of carbonyl (C=O) groups is 2. The number of fused-ring (bicyclic) bond motifs is 2. The van der Waals surface area contributed by atoms with E-state index in [4.69, 9.17) is 0 Å². The van der Waals surface area contributed by atoms with Crippen molar-refractivity contribution in [2.75, 3.05) is 13.1 Å². The molecular formula is C32H45N3O6. The molecule has 0 bridgehead atoms. The van der Waals surface area contributed by atoms with Gasteiger partial charge < -0.3 is 25.7 Å². The lowest BCUT2D eigenvalue weighted by atomic mass is 9.53. The molecule has 2 aromatic rings. The second-order valence-corrected chi connectivity index (χ2v) is 13.5. The maximum Gasteiger partial charge on any atom is 0.408 e. The number of rotatable bonds is 6. The molecule has 2 aliphatic heterocycles. The quantitative estimate of drug-likeness (QED) is 0.352. The van der Waals surface area contributed by atoms with Gasteiger partial charge in [-0.25, -0.2) is 9.59 Å². The molecule has 2 heterocycles. The third-order valence-corrected chi connectivity index (χ3v) is 9.04. The third-order valence-electron chi connectivity index (χ3n) is 9.04. The summed E-state index contributed by atoms with van der Waals surface area (Å²) < 4.78 is 0. The Bertz CT molecular complexity index is 1250. The van der Waals surface area contributed by atoms with Crippen LogP contribution in [-0.2, 0) is 24.9 Å². The molecule has 2 aliphatic rings. The summed E-state index contributed by atoms with van der Waals surface area (Å²) >= 11 is 0. The number of nitrogens with zero attached hydrogens (tertiary/aromatic N) is 2. The lowest BCUT2D eigenvalue weighted by Gasteiger charge is -2.63. The van der Waals surface area contributed by atoms with Crippen molar-refractivity contribution in [3.63, 3.8) is 0 Å². The highest BCUT2D eigenvalue weighted by atomic mass is 16.4. The van der Waals surface area contributed by atoms with Crippen LogP contribution in [0.15, 0.2) is 48.5 Å². The fourth-order valence-electron chi connectivity index (χ4n) is 7.75. The smallest absolute Gasteiger partial charge is 0.408 e. The first-order valence-corrected chi connectivity index (χ1v) is 14.3. The molecule has 0 saturated heterocycles. The summed E-state index contributed by atoms with van der Waals surface area (Å²) in [5.41, 5.74) is 1.93. The molecule has 0 aromatic heterocycles. The Hall–Kier alpha value is -3.14. The highest BCUT2D eigenvalue weighted by Gasteiger charge is 2.62. The molecule has 4 atom stereocenters. The Morgan fingerprint density at radius 3 is 1.83 bits per heavy atom. The lowest BCUT2D eigenvalue weighted by molar-refractivity contribution is -0.126. The molecule has 0 radical (unpaired) electrons. The number of nitrogens with one attached hydrogen (secondary N) is 1. The van der Waals surface area contributed by atoms with Gasteiger partial charge in [-0.15, -0.1) is 0 Å². The standard InChI is InChI=1S/C32H45N3O6/c1-30(2,3)32(31(4,5)6)23-14-10-9-12-21(23)16-25(35(32)29(40)41)27(37)18-33-17-26(36)24-15-20-11-7-8-13-22(20)19-34(24)28(38)39/h7-14,24-27,33,36-37H,15-19H2,1-6H3,(H,38,39)(H,40,41)/t24-,25-,26+,27+/m0/s1. The number of carboxylic acid groups (broad SMARTS) is 2. The van der Waals surface area contributed by atoms with Crippen LogP contribution in [-0.4, -0.2) is 79.8 Å². The molecule has 0 aliphatic carbocycles. The zero-order valence-electron chi connectivity index (χ0n) is 25.0. The van der Waals surface area contributed by atoms with Gasteiger partial charge in [-0.2, -0.15) is 0 Å². The number of aliphatic hydroxyl groups excluding tert-OH is 2. The van der Waals surface area contributed by atoms with E-state index in [1.807, 2.05) is 90.1 Å². The minimum atomic E-state index is -1.10. The molecule has 5 N–H and O–H groups in total. The minimum Gasteiger partial charge on any atom is -0.465 e. The van der Waals surface area contributed by atoms with Crippen molar-refractivity contribution in [2.24, 2.45) is 10.8 Å². The Morgan fingerprint density at radius 1 is 0.805 bits per heavy atom. The summed E-state index contributed by atoms with van der Waals surface area (Å²) in [7, 11) is 0. The second-order valence-electron chi connectivity index (χ2n) is 13.5. The van der Waals surface area contributed by atoms with E-state index in [9.17, 15) is 30.0 Å². The van der Waals surface area contributed by atoms with Gasteiger partial charge in [-0.3, -0.25) is 9.80 Å². The van der Waals surface area contributed by atoms with Crippen molar-refractivity contribution in [3.8, 4) is 0 Å². The largest absolute Gasteiger partial charge is 0.465 e. The van der Waals surface area contributed by atoms with E-state index in [1.165, 1.54) is 9.80 Å². The van der Waals surface area contributed by atoms with Crippen molar-refractivity contribution in [2.45, 2.75) is 90.8 Å². The molecule has 0 saturated carbocycles. The van der Waals surface area contributed by atoms with Crippen LogP contribution in [0.3, 0.4) is 0 Å². The zero-order valence-corrected chi connectivity index (χ0v) is 25.0. The van der Waals surface area contributed by atoms with Crippen LogP contribution >= 0.6 is 0 Å². The molecule has 9 nitrogen and oxygen atoms in total. The molecule has 9 heteroatoms. The minimum absolute atomic E-state index is 0.0361. The predicted molar refractivity (Wildman–Crippen MR) is 157 cm³/mol. The van der Waals surface area contributed by atoms with Crippen molar-refractivity contribution in [1.82, 2.24) is 15.1 Å². The topological polar surface area (TPSA) is 134 Å². The zero-order chi connectivity index (χ0) is 30.3. The van der Waals surface area contributed by atoms with E-state index in [0.29, 0.717) is 12.8 Å². The van der Waals surface area contributed by atoms with Gasteiger partial charge in [0.15, 0.2) is 0 Å². The van der Waals surface area contributed by atoms with E-state index in [2.05, 4.69) is 5.32 Å². The SMILES string of the molecule is CC(C)(C)C1(C(C)(C)C)c2ccccc2C[C@@H]([C@H](O)CNC[C@@H](O)[C@@H]2Cc3ccccc3CN2C(=O)O)N1C(=O)O. The molecule has 41 heavy (non-hydrogen) atoms. The van der Waals surface area contributed by atoms with Gasteiger partial charge in [-0.05, 0) is 45.9 Å². The van der Waals surface area contributed by atoms with Crippen molar-refractivity contribution in [3.05, 3.63) is 70.8 Å². The number of hydrogen-bond donors (Lipinski definition) is 5. The summed E-state index contributed by atoms with van der Waals surface area (Å²) in [5.74, 6) is 0. The molecule has 0 unspecified atom stereocenters. The summed E-state index contributed by atoms with van der Waals surface area (Å²) in [4.78, 5) is 27.8. The van der Waals surface area contributed by atoms with E-state index < -0.39 is 52.8 Å². The number of aliphatic hydroxyl groups is 2. The first kappa shape index (κ1) is 30.8. The molecule has 0 spiro atoms. The maximum atomic E-state index is 13.1. The van der Waals surface area contributed by atoms with Crippen LogP contribution in [0.5, 0.6) is 0 Å².